The molecular formula is C20H36N2O4. The van der Waals surface area contributed by atoms with Gasteiger partial charge in [0.05, 0.1) is 0 Å². The Morgan fingerprint density at radius 1 is 1.00 bits per heavy atom. The molecule has 0 aromatic rings. The SMILES string of the molecule is CNCCCCNC1O[C@@H]2O[C@]3(C)CC[C@H]4[C@H](C)CC[C@@H]([C@H]1C)[C@@]24OO3. The topological polar surface area (TPSA) is 61.0 Å². The van der Waals surface area contributed by atoms with Gasteiger partial charge in [-0.05, 0) is 71.0 Å². The molecule has 5 fully saturated rings. The van der Waals surface area contributed by atoms with E-state index >= 15 is 0 Å². The second kappa shape index (κ2) is 7.30. The summed E-state index contributed by atoms with van der Waals surface area (Å²) in [5, 5.41) is 6.84. The molecule has 8 atom stereocenters. The van der Waals surface area contributed by atoms with Gasteiger partial charge in [0.15, 0.2) is 11.9 Å². The molecule has 0 radical (unpaired) electrons. The summed E-state index contributed by atoms with van der Waals surface area (Å²) in [5.74, 6) is 1.15. The van der Waals surface area contributed by atoms with Gasteiger partial charge in [0.2, 0.25) is 5.79 Å². The van der Waals surface area contributed by atoms with Gasteiger partial charge < -0.3 is 14.8 Å². The van der Waals surface area contributed by atoms with Crippen LogP contribution in [0.3, 0.4) is 0 Å². The molecule has 0 aromatic carbocycles. The molecular weight excluding hydrogens is 332 g/mol. The smallest absolute Gasteiger partial charge is 0.201 e. The van der Waals surface area contributed by atoms with E-state index in [1.165, 1.54) is 12.8 Å². The highest BCUT2D eigenvalue weighted by molar-refractivity contribution is 5.09. The fourth-order valence-electron chi connectivity index (χ4n) is 5.81. The van der Waals surface area contributed by atoms with E-state index < -0.39 is 11.4 Å². The van der Waals surface area contributed by atoms with E-state index in [4.69, 9.17) is 19.2 Å². The van der Waals surface area contributed by atoms with Gasteiger partial charge in [0.1, 0.15) is 6.23 Å². The quantitative estimate of drug-likeness (QED) is 0.555. The number of fused-ring (bicyclic) bond motifs is 2. The van der Waals surface area contributed by atoms with E-state index in [0.717, 1.165) is 38.8 Å². The molecule has 1 saturated carbocycles. The summed E-state index contributed by atoms with van der Waals surface area (Å²) in [4.78, 5) is 12.0. The first-order valence-electron chi connectivity index (χ1n) is 10.6. The van der Waals surface area contributed by atoms with Crippen LogP contribution in [0, 0.1) is 23.7 Å². The van der Waals surface area contributed by atoms with Crippen molar-refractivity contribution in [3.63, 3.8) is 0 Å². The van der Waals surface area contributed by atoms with Crippen molar-refractivity contribution in [2.75, 3.05) is 20.1 Å². The number of nitrogens with one attached hydrogen (secondary N) is 2. The van der Waals surface area contributed by atoms with Crippen molar-refractivity contribution >= 4 is 0 Å². The summed E-state index contributed by atoms with van der Waals surface area (Å²) < 4.78 is 12.9. The first kappa shape index (κ1) is 19.1. The van der Waals surface area contributed by atoms with Crippen molar-refractivity contribution in [1.29, 1.82) is 0 Å². The standard InChI is InChI=1S/C20H36N2O4/c1-13-7-8-16-14(2)17(22-12-6-5-11-21-4)23-18-20(16)15(13)9-10-19(3,24-18)25-26-20/h13-18,21-22H,5-12H2,1-4H3/t13-,14-,15+,16+,17?,18-,19+,20-/m1/s1. The molecule has 4 heterocycles. The van der Waals surface area contributed by atoms with E-state index in [1.807, 2.05) is 14.0 Å². The van der Waals surface area contributed by atoms with Crippen molar-refractivity contribution in [1.82, 2.24) is 10.6 Å². The average Bonchev–Trinajstić information content (AvgIpc) is 2.85. The van der Waals surface area contributed by atoms with Crippen LogP contribution in [-0.2, 0) is 19.2 Å². The van der Waals surface area contributed by atoms with Gasteiger partial charge in [0.25, 0.3) is 0 Å². The summed E-state index contributed by atoms with van der Waals surface area (Å²) >= 11 is 0. The molecule has 2 N–H and O–H groups in total. The van der Waals surface area contributed by atoms with Crippen molar-refractivity contribution in [2.45, 2.75) is 83.2 Å². The van der Waals surface area contributed by atoms with E-state index in [1.54, 1.807) is 0 Å². The lowest BCUT2D eigenvalue weighted by Gasteiger charge is -2.60. The molecule has 2 bridgehead atoms. The number of ether oxygens (including phenoxy) is 2. The summed E-state index contributed by atoms with van der Waals surface area (Å²) in [7, 11) is 2.00. The highest BCUT2D eigenvalue weighted by atomic mass is 17.3. The molecule has 150 valence electrons. The largest absolute Gasteiger partial charge is 0.331 e. The molecule has 6 heteroatoms. The normalized spacial score (nSPS) is 50.3. The summed E-state index contributed by atoms with van der Waals surface area (Å²) in [5.41, 5.74) is -0.447. The van der Waals surface area contributed by atoms with E-state index in [2.05, 4.69) is 24.5 Å². The van der Waals surface area contributed by atoms with Crippen molar-refractivity contribution < 1.29 is 19.2 Å². The zero-order valence-corrected chi connectivity index (χ0v) is 16.8. The molecule has 4 saturated heterocycles. The summed E-state index contributed by atoms with van der Waals surface area (Å²) in [6.07, 6.45) is 6.36. The minimum Gasteiger partial charge on any atom is -0.331 e. The highest BCUT2D eigenvalue weighted by Gasteiger charge is 2.69. The molecule has 1 aliphatic carbocycles. The lowest BCUT2D eigenvalue weighted by molar-refractivity contribution is -0.571. The molecule has 1 unspecified atom stereocenters. The second-order valence-electron chi connectivity index (χ2n) is 9.09. The predicted molar refractivity (Wildman–Crippen MR) is 98.0 cm³/mol. The Balaban J connectivity index is 1.53. The van der Waals surface area contributed by atoms with Crippen molar-refractivity contribution in [3.05, 3.63) is 0 Å². The fourth-order valence-corrected chi connectivity index (χ4v) is 5.81. The Kier molecular flexibility index (Phi) is 5.36. The molecule has 1 spiro atoms. The number of hydrogen-bond donors (Lipinski definition) is 2. The van der Waals surface area contributed by atoms with Gasteiger partial charge in [0, 0.05) is 18.3 Å². The maximum Gasteiger partial charge on any atom is 0.201 e. The fraction of sp³-hybridized carbons (Fsp3) is 1.00. The predicted octanol–water partition coefficient (Wildman–Crippen LogP) is 2.78. The van der Waals surface area contributed by atoms with Crippen molar-refractivity contribution in [3.8, 4) is 0 Å². The van der Waals surface area contributed by atoms with Crippen LogP contribution < -0.4 is 10.6 Å². The Hall–Kier alpha value is -0.240. The number of hydrogen-bond acceptors (Lipinski definition) is 6. The van der Waals surface area contributed by atoms with Gasteiger partial charge >= 0.3 is 0 Å². The number of rotatable bonds is 6. The molecule has 6 nitrogen and oxygen atoms in total. The third-order valence-electron chi connectivity index (χ3n) is 7.36. The molecule has 4 aliphatic heterocycles. The van der Waals surface area contributed by atoms with E-state index in [0.29, 0.717) is 23.7 Å². The minimum atomic E-state index is -0.685. The Morgan fingerprint density at radius 3 is 2.62 bits per heavy atom. The van der Waals surface area contributed by atoms with Gasteiger partial charge in [-0.1, -0.05) is 13.8 Å². The van der Waals surface area contributed by atoms with E-state index in [9.17, 15) is 0 Å². The average molecular weight is 369 g/mol. The molecule has 5 rings (SSSR count). The molecule has 0 amide bonds. The first-order valence-corrected chi connectivity index (χ1v) is 10.6. The van der Waals surface area contributed by atoms with E-state index in [-0.39, 0.29) is 12.5 Å². The molecule has 26 heavy (non-hydrogen) atoms. The first-order chi connectivity index (χ1) is 12.5. The van der Waals surface area contributed by atoms with Crippen LogP contribution in [0.15, 0.2) is 0 Å². The third kappa shape index (κ3) is 3.03. The Morgan fingerprint density at radius 2 is 1.81 bits per heavy atom. The Bertz CT molecular complexity index is 506. The zero-order chi connectivity index (χ0) is 18.4. The van der Waals surface area contributed by atoms with Crippen LogP contribution in [0.2, 0.25) is 0 Å². The van der Waals surface area contributed by atoms with Gasteiger partial charge in [-0.15, -0.1) is 0 Å². The van der Waals surface area contributed by atoms with Crippen LogP contribution in [0.25, 0.3) is 0 Å². The summed E-state index contributed by atoms with van der Waals surface area (Å²) in [6, 6.07) is 0. The van der Waals surface area contributed by atoms with Gasteiger partial charge in [-0.2, -0.15) is 0 Å². The third-order valence-corrected chi connectivity index (χ3v) is 7.36. The maximum atomic E-state index is 6.51. The van der Waals surface area contributed by atoms with Crippen LogP contribution in [0.5, 0.6) is 0 Å². The molecule has 5 aliphatic rings. The lowest BCUT2D eigenvalue weighted by Crippen LogP contribution is -2.71. The second-order valence-corrected chi connectivity index (χ2v) is 9.09. The van der Waals surface area contributed by atoms with Crippen LogP contribution >= 0.6 is 0 Å². The lowest BCUT2D eigenvalue weighted by atomic mass is 9.58. The van der Waals surface area contributed by atoms with Crippen molar-refractivity contribution in [2.24, 2.45) is 23.7 Å². The van der Waals surface area contributed by atoms with Crippen LogP contribution in [0.1, 0.15) is 59.3 Å². The zero-order valence-electron chi connectivity index (χ0n) is 16.8. The monoisotopic (exact) mass is 368 g/mol. The maximum absolute atomic E-state index is 6.51. The van der Waals surface area contributed by atoms with Gasteiger partial charge in [-0.3, -0.25) is 5.32 Å². The van der Waals surface area contributed by atoms with Crippen LogP contribution in [0.4, 0.5) is 0 Å². The number of unbranched alkanes of at least 4 members (excludes halogenated alkanes) is 1. The summed E-state index contributed by atoms with van der Waals surface area (Å²) in [6.45, 7) is 8.67. The van der Waals surface area contributed by atoms with Gasteiger partial charge in [-0.25, -0.2) is 9.78 Å². The van der Waals surface area contributed by atoms with Crippen LogP contribution in [-0.4, -0.2) is 44.0 Å². The highest BCUT2D eigenvalue weighted by Crippen LogP contribution is 2.60. The molecule has 0 aromatic heterocycles. The minimum absolute atomic E-state index is 0.0193. The Labute approximate surface area is 157 Å².